The first kappa shape index (κ1) is 16.5. The number of hydrogen-bond donors (Lipinski definition) is 5. The quantitative estimate of drug-likeness (QED) is 0.101. The molecule has 9 nitrogen and oxygen atoms in total. The molecule has 0 atom stereocenters. The summed E-state index contributed by atoms with van der Waals surface area (Å²) in [5.41, 5.74) is 3.48. The fourth-order valence-corrected chi connectivity index (χ4v) is 0.0417. The Balaban J connectivity index is -0.000000114. The topological polar surface area (TPSA) is 157 Å². The molecule has 0 aromatic carbocycles. The van der Waals surface area contributed by atoms with Gasteiger partial charge in [-0.15, -0.1) is 10.1 Å². The Morgan fingerprint density at radius 3 is 1.64 bits per heavy atom. The molecule has 0 heterocycles. The molecule has 0 aliphatic carbocycles. The van der Waals surface area contributed by atoms with Gasteiger partial charge in [0, 0.05) is 19.5 Å². The molecule has 0 fully saturated rings. The molecular formula is CH7N5O4Zn. The Morgan fingerprint density at radius 1 is 1.45 bits per heavy atom. The van der Waals surface area contributed by atoms with Crippen LogP contribution in [0.25, 0.3) is 0 Å². The van der Waals surface area contributed by atoms with Crippen molar-refractivity contribution in [2.24, 2.45) is 11.7 Å². The van der Waals surface area contributed by atoms with Crippen molar-refractivity contribution in [1.82, 2.24) is 10.9 Å². The molecule has 0 rings (SSSR count). The molecule has 0 aliphatic heterocycles. The Hall–Kier alpha value is -0.987. The second kappa shape index (κ2) is 11.8. The van der Waals surface area contributed by atoms with E-state index in [1.54, 1.807) is 10.9 Å². The first-order valence-corrected chi connectivity index (χ1v) is 1.85. The van der Waals surface area contributed by atoms with Crippen LogP contribution in [0.15, 0.2) is 0 Å². The third-order valence-corrected chi connectivity index (χ3v) is 0.262. The summed E-state index contributed by atoms with van der Waals surface area (Å²) in [6.45, 7) is 0. The number of hydrazine groups is 2. The van der Waals surface area contributed by atoms with E-state index in [9.17, 15) is 4.79 Å². The van der Waals surface area contributed by atoms with Gasteiger partial charge in [0.25, 0.3) is 5.09 Å². The van der Waals surface area contributed by atoms with Gasteiger partial charge in [0.15, 0.2) is 0 Å². The Labute approximate surface area is 73.9 Å². The molecule has 0 spiro atoms. The van der Waals surface area contributed by atoms with Crippen LogP contribution in [-0.2, 0) is 19.5 Å². The van der Waals surface area contributed by atoms with Crippen molar-refractivity contribution in [2.45, 2.75) is 0 Å². The van der Waals surface area contributed by atoms with Crippen LogP contribution in [0.1, 0.15) is 0 Å². The van der Waals surface area contributed by atoms with Crippen molar-refractivity contribution in [2.75, 3.05) is 0 Å². The second-order valence-electron chi connectivity index (χ2n) is 0.856. The summed E-state index contributed by atoms with van der Waals surface area (Å²) in [4.78, 5) is 18.1. The predicted octanol–water partition coefficient (Wildman–Crippen LogP) is -2.32. The van der Waals surface area contributed by atoms with Gasteiger partial charge in [-0.2, -0.15) is 0 Å². The van der Waals surface area contributed by atoms with Gasteiger partial charge in [-0.25, -0.2) is 16.5 Å². The van der Waals surface area contributed by atoms with Crippen LogP contribution in [0.3, 0.4) is 0 Å². The number of nitrogens with zero attached hydrogens (tertiary/aromatic N) is 1. The second-order valence-corrected chi connectivity index (χ2v) is 0.856. The summed E-state index contributed by atoms with van der Waals surface area (Å²) in [7, 11) is 0. The zero-order valence-corrected chi connectivity index (χ0v) is 8.45. The number of rotatable bonds is 0. The fraction of sp³-hybridized carbons (Fsp3) is 0. The Morgan fingerprint density at radius 2 is 1.64 bits per heavy atom. The van der Waals surface area contributed by atoms with Crippen molar-refractivity contribution in [3.05, 3.63) is 10.1 Å². The van der Waals surface area contributed by atoms with Gasteiger partial charge in [0.2, 0.25) is 0 Å². The van der Waals surface area contributed by atoms with E-state index in [1.807, 2.05) is 0 Å². The van der Waals surface area contributed by atoms with Crippen LogP contribution in [0.4, 0.5) is 4.79 Å². The third kappa shape index (κ3) is 48.8. The van der Waals surface area contributed by atoms with E-state index >= 15 is 0 Å². The molecule has 10 heteroatoms. The van der Waals surface area contributed by atoms with Gasteiger partial charge in [-0.3, -0.25) is 10.9 Å². The minimum absolute atomic E-state index is 0. The predicted molar refractivity (Wildman–Crippen MR) is 28.8 cm³/mol. The number of urea groups is 1. The smallest absolute Gasteiger partial charge is 0.328 e. The third-order valence-electron chi connectivity index (χ3n) is 0.262. The van der Waals surface area contributed by atoms with Crippen molar-refractivity contribution in [3.8, 4) is 0 Å². The summed E-state index contributed by atoms with van der Waals surface area (Å²) in [6.07, 6.45) is 0. The molecular weight excluding hydrogens is 211 g/mol. The van der Waals surface area contributed by atoms with Crippen molar-refractivity contribution in [3.63, 3.8) is 0 Å². The normalized spacial score (nSPS) is 6.00. The maximum atomic E-state index is 9.71. The average molecular weight is 218 g/mol. The van der Waals surface area contributed by atoms with Gasteiger partial charge in [-0.1, -0.05) is 0 Å². The maximum Gasteiger partial charge on any atom is 0.343 e. The monoisotopic (exact) mass is 217 g/mol. The van der Waals surface area contributed by atoms with Crippen LogP contribution in [0.5, 0.6) is 0 Å². The molecule has 0 aliphatic rings. The minimum atomic E-state index is -1.50. The van der Waals surface area contributed by atoms with E-state index in [1.165, 1.54) is 0 Å². The van der Waals surface area contributed by atoms with Gasteiger partial charge in [0.05, 0.1) is 0 Å². The fourth-order valence-electron chi connectivity index (χ4n) is 0.0417. The molecule has 0 aromatic heterocycles. The van der Waals surface area contributed by atoms with Crippen LogP contribution >= 0.6 is 0 Å². The molecule has 0 saturated heterocycles. The Bertz CT molecular complexity index is 107. The number of hydrogen-bond acceptors (Lipinski definition) is 5. The van der Waals surface area contributed by atoms with Crippen LogP contribution < -0.4 is 22.5 Å². The van der Waals surface area contributed by atoms with E-state index in [0.717, 1.165) is 0 Å². The summed E-state index contributed by atoms with van der Waals surface area (Å²) < 4.78 is 0. The molecule has 62 valence electrons. The van der Waals surface area contributed by atoms with Crippen molar-refractivity contribution < 1.29 is 34.6 Å². The van der Waals surface area contributed by atoms with E-state index in [0.29, 0.717) is 0 Å². The molecule has 0 radical (unpaired) electrons. The number of nitrogens with one attached hydrogen (secondary N) is 2. The number of carbonyl (C=O) groups is 1. The number of nitrogens with two attached hydrogens (primary N) is 2. The molecule has 2 amide bonds. The summed E-state index contributed by atoms with van der Waals surface area (Å²) in [5, 5.41) is 13.6. The summed E-state index contributed by atoms with van der Waals surface area (Å²) in [5.74, 6) is 9.08. The number of carbonyl (C=O) groups excluding carboxylic acids is 1. The van der Waals surface area contributed by atoms with Gasteiger partial charge in [0.1, 0.15) is 0 Å². The first-order valence-electron chi connectivity index (χ1n) is 1.85. The minimum Gasteiger partial charge on any atom is -0.328 e. The molecule has 0 saturated carbocycles. The van der Waals surface area contributed by atoms with Gasteiger partial charge < -0.3 is 5.21 Å². The standard InChI is InChI=1S/CH6N4O.HNO3.Zn/c2-4-1(6)5-3;2-1(3)4;/h2-3H2,(H2,4,5,6);(H,2,3,4);. The zero-order valence-electron chi connectivity index (χ0n) is 5.48. The van der Waals surface area contributed by atoms with Gasteiger partial charge >= 0.3 is 6.03 Å². The summed E-state index contributed by atoms with van der Waals surface area (Å²) in [6, 6.07) is -0.602. The van der Waals surface area contributed by atoms with E-state index < -0.39 is 11.1 Å². The average Bonchev–Trinajstić information content (AvgIpc) is 1.85. The van der Waals surface area contributed by atoms with Crippen molar-refractivity contribution in [1.29, 1.82) is 0 Å². The van der Waals surface area contributed by atoms with E-state index in [4.69, 9.17) is 15.3 Å². The van der Waals surface area contributed by atoms with E-state index in [-0.39, 0.29) is 19.5 Å². The van der Waals surface area contributed by atoms with Gasteiger partial charge in [-0.05, 0) is 0 Å². The molecule has 0 unspecified atom stereocenters. The SMILES string of the molecule is NNC(=O)NN.O=[N+]([O-])O.[Zn]. The molecule has 0 aromatic rings. The maximum absolute atomic E-state index is 9.71. The Kier molecular flexibility index (Phi) is 17.7. The largest absolute Gasteiger partial charge is 0.343 e. The van der Waals surface area contributed by atoms with Crippen molar-refractivity contribution >= 4 is 6.03 Å². The molecule has 11 heavy (non-hydrogen) atoms. The molecule has 0 bridgehead atoms. The molecule has 7 N–H and O–H groups in total. The van der Waals surface area contributed by atoms with Crippen LogP contribution in [0, 0.1) is 10.1 Å². The zero-order chi connectivity index (χ0) is 8.57. The van der Waals surface area contributed by atoms with Crippen LogP contribution in [0.2, 0.25) is 0 Å². The summed E-state index contributed by atoms with van der Waals surface area (Å²) >= 11 is 0. The first-order chi connectivity index (χ1) is 4.54. The van der Waals surface area contributed by atoms with Crippen LogP contribution in [-0.4, -0.2) is 16.3 Å². The van der Waals surface area contributed by atoms with E-state index in [2.05, 4.69) is 11.7 Å². The number of amides is 2.